The van der Waals surface area contributed by atoms with Crippen molar-refractivity contribution in [1.82, 2.24) is 4.72 Å². The molecule has 0 aromatic heterocycles. The smallest absolute Gasteiger partial charge is 0.334 e. The van der Waals surface area contributed by atoms with Gasteiger partial charge in [-0.05, 0) is 30.7 Å². The summed E-state index contributed by atoms with van der Waals surface area (Å²) in [6.07, 6.45) is -1.23. The normalized spacial score (nSPS) is 13.2. The maximum Gasteiger partial charge on any atom is 0.334 e. The first-order valence-electron chi connectivity index (χ1n) is 5.29. The second-order valence-electron chi connectivity index (χ2n) is 3.82. The number of sulfonamides is 1. The number of benzene rings is 1. The number of aryl methyl sites for hydroxylation is 1. The van der Waals surface area contributed by atoms with Gasteiger partial charge in [0.05, 0.1) is 4.90 Å². The van der Waals surface area contributed by atoms with Gasteiger partial charge in [-0.2, -0.15) is 0 Å². The summed E-state index contributed by atoms with van der Waals surface area (Å²) in [5, 5.41) is 9.18. The molecule has 1 aromatic carbocycles. The van der Waals surface area contributed by atoms with Gasteiger partial charge >= 0.3 is 5.97 Å². The van der Waals surface area contributed by atoms with Crippen molar-refractivity contribution in [1.29, 1.82) is 0 Å². The minimum Gasteiger partial charge on any atom is -0.479 e. The first-order chi connectivity index (χ1) is 8.77. The number of hydrogen-bond acceptors (Lipinski definition) is 4. The van der Waals surface area contributed by atoms with Crippen molar-refractivity contribution < 1.29 is 23.1 Å². The highest BCUT2D eigenvalue weighted by molar-refractivity contribution is 7.89. The van der Waals surface area contributed by atoms with Crippen LogP contribution in [0.3, 0.4) is 0 Å². The zero-order valence-corrected chi connectivity index (χ0v) is 12.0. The summed E-state index contributed by atoms with van der Waals surface area (Å²) in [6.45, 7) is 1.25. The number of ether oxygens (including phenoxy) is 1. The lowest BCUT2D eigenvalue weighted by atomic mass is 10.2. The van der Waals surface area contributed by atoms with Crippen molar-refractivity contribution in [3.63, 3.8) is 0 Å². The number of aliphatic carboxylic acids is 1. The Morgan fingerprint density at radius 1 is 1.53 bits per heavy atom. The van der Waals surface area contributed by atoms with Gasteiger partial charge in [-0.3, -0.25) is 0 Å². The monoisotopic (exact) mass is 307 g/mol. The third-order valence-electron chi connectivity index (χ3n) is 2.45. The van der Waals surface area contributed by atoms with Crippen LogP contribution in [0.25, 0.3) is 0 Å². The number of halogens is 1. The van der Waals surface area contributed by atoms with Crippen LogP contribution in [-0.4, -0.2) is 39.3 Å². The fourth-order valence-corrected chi connectivity index (χ4v) is 2.93. The van der Waals surface area contributed by atoms with Gasteiger partial charge in [0, 0.05) is 18.7 Å². The van der Waals surface area contributed by atoms with Crippen molar-refractivity contribution >= 4 is 27.6 Å². The molecule has 1 unspecified atom stereocenters. The molecule has 0 aliphatic carbocycles. The summed E-state index contributed by atoms with van der Waals surface area (Å²) < 4.78 is 30.8. The number of carbonyl (C=O) groups is 1. The highest BCUT2D eigenvalue weighted by Gasteiger charge is 2.22. The van der Waals surface area contributed by atoms with E-state index in [-0.39, 0.29) is 11.4 Å². The highest BCUT2D eigenvalue weighted by atomic mass is 35.5. The largest absolute Gasteiger partial charge is 0.479 e. The van der Waals surface area contributed by atoms with Gasteiger partial charge in [0.1, 0.15) is 0 Å². The van der Waals surface area contributed by atoms with E-state index in [9.17, 15) is 13.2 Å². The SMILES string of the molecule is COC(CNS(=O)(=O)c1ccc(Cl)cc1C)C(=O)O. The summed E-state index contributed by atoms with van der Waals surface area (Å²) in [5.74, 6) is -1.24. The fourth-order valence-electron chi connectivity index (χ4n) is 1.45. The zero-order chi connectivity index (χ0) is 14.6. The zero-order valence-electron chi connectivity index (χ0n) is 10.4. The third kappa shape index (κ3) is 4.17. The van der Waals surface area contributed by atoms with Crippen LogP contribution in [0.15, 0.2) is 23.1 Å². The number of rotatable bonds is 6. The molecule has 0 fully saturated rings. The number of methoxy groups -OCH3 is 1. The molecule has 1 atom stereocenters. The Labute approximate surface area is 116 Å². The summed E-state index contributed by atoms with van der Waals surface area (Å²) >= 11 is 5.75. The number of carboxylic acids is 1. The van der Waals surface area contributed by atoms with E-state index in [0.717, 1.165) is 0 Å². The van der Waals surface area contributed by atoms with Crippen LogP contribution in [0.2, 0.25) is 5.02 Å². The summed E-state index contributed by atoms with van der Waals surface area (Å²) in [6, 6.07) is 4.33. The molecule has 0 aliphatic heterocycles. The Balaban J connectivity index is 2.90. The van der Waals surface area contributed by atoms with Gasteiger partial charge in [0.25, 0.3) is 0 Å². The average molecular weight is 308 g/mol. The van der Waals surface area contributed by atoms with Gasteiger partial charge in [0.2, 0.25) is 10.0 Å². The van der Waals surface area contributed by atoms with E-state index in [1.807, 2.05) is 0 Å². The van der Waals surface area contributed by atoms with E-state index in [2.05, 4.69) is 9.46 Å². The molecule has 0 heterocycles. The summed E-state index contributed by atoms with van der Waals surface area (Å²) in [7, 11) is -2.60. The van der Waals surface area contributed by atoms with Crippen molar-refractivity contribution in [2.75, 3.05) is 13.7 Å². The van der Waals surface area contributed by atoms with E-state index < -0.39 is 22.1 Å². The van der Waals surface area contributed by atoms with E-state index in [1.165, 1.54) is 25.3 Å². The van der Waals surface area contributed by atoms with E-state index >= 15 is 0 Å². The van der Waals surface area contributed by atoms with Gasteiger partial charge < -0.3 is 9.84 Å². The molecule has 0 aliphatic rings. The van der Waals surface area contributed by atoms with Crippen LogP contribution >= 0.6 is 11.6 Å². The van der Waals surface area contributed by atoms with Crippen molar-refractivity contribution in [2.45, 2.75) is 17.9 Å². The first kappa shape index (κ1) is 15.9. The molecule has 0 radical (unpaired) electrons. The quantitative estimate of drug-likeness (QED) is 0.818. The van der Waals surface area contributed by atoms with Gasteiger partial charge in [-0.15, -0.1) is 0 Å². The van der Waals surface area contributed by atoms with Crippen LogP contribution in [0, 0.1) is 6.92 Å². The van der Waals surface area contributed by atoms with Gasteiger partial charge in [-0.1, -0.05) is 11.6 Å². The number of hydrogen-bond donors (Lipinski definition) is 2. The maximum absolute atomic E-state index is 12.0. The molecule has 0 saturated carbocycles. The Morgan fingerprint density at radius 3 is 2.63 bits per heavy atom. The molecule has 0 saturated heterocycles. The molecule has 2 N–H and O–H groups in total. The minimum atomic E-state index is -3.80. The summed E-state index contributed by atoms with van der Waals surface area (Å²) in [5.41, 5.74) is 0.476. The lowest BCUT2D eigenvalue weighted by Gasteiger charge is -2.13. The molecule has 1 rings (SSSR count). The molecule has 106 valence electrons. The number of carboxylic acid groups (broad SMARTS) is 1. The molecule has 0 bridgehead atoms. The Kier molecular flexibility index (Phi) is 5.30. The standard InChI is InChI=1S/C11H14ClNO5S/c1-7-5-8(12)3-4-10(7)19(16,17)13-6-9(18-2)11(14)15/h3-5,9,13H,6H2,1-2H3,(H,14,15). The highest BCUT2D eigenvalue weighted by Crippen LogP contribution is 2.19. The molecule has 1 aromatic rings. The predicted molar refractivity (Wildman–Crippen MR) is 69.8 cm³/mol. The van der Waals surface area contributed by atoms with Crippen LogP contribution in [0.5, 0.6) is 0 Å². The molecule has 0 spiro atoms. The number of nitrogens with one attached hydrogen (secondary N) is 1. The average Bonchev–Trinajstić information content (AvgIpc) is 2.28. The van der Waals surface area contributed by atoms with E-state index in [0.29, 0.717) is 10.6 Å². The van der Waals surface area contributed by atoms with Crippen LogP contribution in [0.4, 0.5) is 0 Å². The second-order valence-corrected chi connectivity index (χ2v) is 6.00. The van der Waals surface area contributed by atoms with Crippen LogP contribution < -0.4 is 4.72 Å². The van der Waals surface area contributed by atoms with E-state index in [1.54, 1.807) is 6.92 Å². The Morgan fingerprint density at radius 2 is 2.16 bits per heavy atom. The van der Waals surface area contributed by atoms with Crippen molar-refractivity contribution in [2.24, 2.45) is 0 Å². The maximum atomic E-state index is 12.0. The lowest BCUT2D eigenvalue weighted by molar-refractivity contribution is -0.147. The molecule has 19 heavy (non-hydrogen) atoms. The predicted octanol–water partition coefficient (Wildman–Crippen LogP) is 1.03. The van der Waals surface area contributed by atoms with Gasteiger partial charge in [0.15, 0.2) is 6.10 Å². The van der Waals surface area contributed by atoms with Crippen LogP contribution in [-0.2, 0) is 19.6 Å². The topological polar surface area (TPSA) is 92.7 Å². The first-order valence-corrected chi connectivity index (χ1v) is 7.15. The van der Waals surface area contributed by atoms with E-state index in [4.69, 9.17) is 16.7 Å². The molecular weight excluding hydrogens is 294 g/mol. The second kappa shape index (κ2) is 6.33. The van der Waals surface area contributed by atoms with Crippen molar-refractivity contribution in [3.05, 3.63) is 28.8 Å². The third-order valence-corrected chi connectivity index (χ3v) is 4.26. The fraction of sp³-hybridized carbons (Fsp3) is 0.364. The summed E-state index contributed by atoms with van der Waals surface area (Å²) in [4.78, 5) is 10.8. The molecule has 6 nitrogen and oxygen atoms in total. The Hall–Kier alpha value is -1.15. The van der Waals surface area contributed by atoms with Crippen LogP contribution in [0.1, 0.15) is 5.56 Å². The Bertz CT molecular complexity index is 572. The molecule has 8 heteroatoms. The molecule has 0 amide bonds. The molecular formula is C11H14ClNO5S. The van der Waals surface area contributed by atoms with Crippen molar-refractivity contribution in [3.8, 4) is 0 Å². The van der Waals surface area contributed by atoms with Gasteiger partial charge in [-0.25, -0.2) is 17.9 Å². The lowest BCUT2D eigenvalue weighted by Crippen LogP contribution is -2.38. The minimum absolute atomic E-state index is 0.0529.